The van der Waals surface area contributed by atoms with Crippen molar-refractivity contribution < 1.29 is 4.74 Å². The normalized spacial score (nSPS) is 13.8. The molecule has 1 rings (SSSR count). The molecule has 0 spiro atoms. The molecule has 1 heterocycles. The number of pyridine rings is 1. The van der Waals surface area contributed by atoms with Crippen LogP contribution in [0.3, 0.4) is 0 Å². The van der Waals surface area contributed by atoms with Gasteiger partial charge in [0.25, 0.3) is 0 Å². The van der Waals surface area contributed by atoms with Gasteiger partial charge in [0.1, 0.15) is 0 Å². The van der Waals surface area contributed by atoms with E-state index in [1.807, 2.05) is 0 Å². The minimum absolute atomic E-state index is 0.0209. The van der Waals surface area contributed by atoms with Gasteiger partial charge in [-0.1, -0.05) is 48.5 Å². The van der Waals surface area contributed by atoms with Gasteiger partial charge in [-0.3, -0.25) is 0 Å². The smallest absolute Gasteiger partial charge is 0.214 e. The molecule has 1 unspecified atom stereocenters. The van der Waals surface area contributed by atoms with Crippen molar-refractivity contribution in [3.05, 3.63) is 23.4 Å². The highest BCUT2D eigenvalue weighted by Gasteiger charge is 2.19. The fraction of sp³-hybridized carbons (Fsp3) is 0.722. The Balaban J connectivity index is 3.03. The van der Waals surface area contributed by atoms with Gasteiger partial charge in [0.15, 0.2) is 0 Å². The highest BCUT2D eigenvalue weighted by molar-refractivity contribution is 5.28. The molecule has 1 aromatic heterocycles. The average Bonchev–Trinajstić information content (AvgIpc) is 2.34. The van der Waals surface area contributed by atoms with Crippen LogP contribution in [0.4, 0.5) is 0 Å². The molecule has 0 radical (unpaired) electrons. The SMILES string of the molecule is CC(C)NCc1cc(OC(C)C(C)C)nc(C(C)(C)C)c1. The second-order valence-corrected chi connectivity index (χ2v) is 7.55. The summed E-state index contributed by atoms with van der Waals surface area (Å²) < 4.78 is 6.02. The number of nitrogens with zero attached hydrogens (tertiary/aromatic N) is 1. The first-order valence-electron chi connectivity index (χ1n) is 8.01. The van der Waals surface area contributed by atoms with Crippen LogP contribution in [0.2, 0.25) is 0 Å². The largest absolute Gasteiger partial charge is 0.474 e. The summed E-state index contributed by atoms with van der Waals surface area (Å²) in [6.07, 6.45) is 0.165. The molecular weight excluding hydrogens is 260 g/mol. The third-order valence-electron chi connectivity index (χ3n) is 3.59. The van der Waals surface area contributed by atoms with Crippen LogP contribution < -0.4 is 10.1 Å². The van der Waals surface area contributed by atoms with Gasteiger partial charge in [-0.2, -0.15) is 0 Å². The number of hydrogen-bond acceptors (Lipinski definition) is 3. The Bertz CT molecular complexity index is 447. The van der Waals surface area contributed by atoms with Gasteiger partial charge in [-0.15, -0.1) is 0 Å². The number of rotatable bonds is 6. The van der Waals surface area contributed by atoms with E-state index in [2.05, 4.69) is 72.8 Å². The fourth-order valence-corrected chi connectivity index (χ4v) is 1.75. The first kappa shape index (κ1) is 18.0. The number of ether oxygens (including phenoxy) is 1. The molecule has 0 amide bonds. The van der Waals surface area contributed by atoms with Crippen LogP contribution in [0.1, 0.15) is 66.6 Å². The van der Waals surface area contributed by atoms with Crippen molar-refractivity contribution in [3.8, 4) is 5.88 Å². The minimum Gasteiger partial charge on any atom is -0.474 e. The van der Waals surface area contributed by atoms with Crippen LogP contribution in [0.15, 0.2) is 12.1 Å². The van der Waals surface area contributed by atoms with Crippen LogP contribution in [-0.2, 0) is 12.0 Å². The van der Waals surface area contributed by atoms with E-state index in [-0.39, 0.29) is 11.5 Å². The molecule has 1 atom stereocenters. The molecule has 0 aliphatic rings. The van der Waals surface area contributed by atoms with E-state index in [9.17, 15) is 0 Å². The lowest BCUT2D eigenvalue weighted by Gasteiger charge is -2.23. The summed E-state index contributed by atoms with van der Waals surface area (Å²) in [6.45, 7) is 18.1. The summed E-state index contributed by atoms with van der Waals surface area (Å²) in [4.78, 5) is 4.70. The predicted molar refractivity (Wildman–Crippen MR) is 89.8 cm³/mol. The molecule has 3 nitrogen and oxygen atoms in total. The van der Waals surface area contributed by atoms with Crippen LogP contribution in [0.25, 0.3) is 0 Å². The maximum Gasteiger partial charge on any atom is 0.214 e. The van der Waals surface area contributed by atoms with Crippen LogP contribution in [0.5, 0.6) is 5.88 Å². The zero-order chi connectivity index (χ0) is 16.2. The molecular formula is C18H32N2O. The highest BCUT2D eigenvalue weighted by atomic mass is 16.5. The maximum atomic E-state index is 6.02. The van der Waals surface area contributed by atoms with E-state index < -0.39 is 0 Å². The summed E-state index contributed by atoms with van der Waals surface area (Å²) in [5.74, 6) is 1.21. The summed E-state index contributed by atoms with van der Waals surface area (Å²) in [6, 6.07) is 4.71. The van der Waals surface area contributed by atoms with Gasteiger partial charge in [-0.25, -0.2) is 4.98 Å². The van der Waals surface area contributed by atoms with Crippen molar-refractivity contribution in [1.82, 2.24) is 10.3 Å². The Morgan fingerprint density at radius 2 is 1.71 bits per heavy atom. The molecule has 0 fully saturated rings. The second kappa shape index (κ2) is 7.26. The lowest BCUT2D eigenvalue weighted by atomic mass is 9.91. The topological polar surface area (TPSA) is 34.1 Å². The summed E-state index contributed by atoms with van der Waals surface area (Å²) >= 11 is 0. The zero-order valence-electron chi connectivity index (χ0n) is 14.9. The first-order valence-corrected chi connectivity index (χ1v) is 8.01. The summed E-state index contributed by atoms with van der Waals surface area (Å²) in [5.41, 5.74) is 2.33. The summed E-state index contributed by atoms with van der Waals surface area (Å²) in [7, 11) is 0. The van der Waals surface area contributed by atoms with Crippen LogP contribution >= 0.6 is 0 Å². The Kier molecular flexibility index (Phi) is 6.21. The van der Waals surface area contributed by atoms with Crippen LogP contribution in [-0.4, -0.2) is 17.1 Å². The van der Waals surface area contributed by atoms with Crippen molar-refractivity contribution >= 4 is 0 Å². The Labute approximate surface area is 130 Å². The molecule has 0 saturated heterocycles. The molecule has 1 aromatic rings. The lowest BCUT2D eigenvalue weighted by Crippen LogP contribution is -2.24. The van der Waals surface area contributed by atoms with Gasteiger partial charge >= 0.3 is 0 Å². The van der Waals surface area contributed by atoms with Gasteiger partial charge in [0.05, 0.1) is 11.8 Å². The monoisotopic (exact) mass is 292 g/mol. The second-order valence-electron chi connectivity index (χ2n) is 7.55. The van der Waals surface area contributed by atoms with E-state index in [0.717, 1.165) is 18.1 Å². The van der Waals surface area contributed by atoms with E-state index in [1.54, 1.807) is 0 Å². The maximum absolute atomic E-state index is 6.02. The molecule has 0 aromatic carbocycles. The molecule has 0 aliphatic heterocycles. The number of nitrogens with one attached hydrogen (secondary N) is 1. The van der Waals surface area contributed by atoms with Crippen molar-refractivity contribution in [1.29, 1.82) is 0 Å². The standard InChI is InChI=1S/C18H32N2O/c1-12(2)14(5)21-17-10-15(11-19-13(3)4)9-16(20-17)18(6,7)8/h9-10,12-14,19H,11H2,1-8H3. The van der Waals surface area contributed by atoms with Gasteiger partial charge < -0.3 is 10.1 Å². The van der Waals surface area contributed by atoms with E-state index in [0.29, 0.717) is 12.0 Å². The van der Waals surface area contributed by atoms with Gasteiger partial charge in [0.2, 0.25) is 5.88 Å². The Morgan fingerprint density at radius 3 is 2.19 bits per heavy atom. The molecule has 0 bridgehead atoms. The molecule has 0 saturated carbocycles. The highest BCUT2D eigenvalue weighted by Crippen LogP contribution is 2.25. The third kappa shape index (κ3) is 6.04. The molecule has 0 aliphatic carbocycles. The van der Waals surface area contributed by atoms with Crippen molar-refractivity contribution in [2.45, 2.75) is 79.5 Å². The van der Waals surface area contributed by atoms with E-state index in [1.165, 1.54) is 5.56 Å². The first-order chi connectivity index (χ1) is 9.59. The Morgan fingerprint density at radius 1 is 1.10 bits per heavy atom. The zero-order valence-corrected chi connectivity index (χ0v) is 14.9. The minimum atomic E-state index is 0.0209. The van der Waals surface area contributed by atoms with Crippen molar-refractivity contribution in [2.24, 2.45) is 5.92 Å². The molecule has 3 heteroatoms. The Hall–Kier alpha value is -1.09. The fourth-order valence-electron chi connectivity index (χ4n) is 1.75. The average molecular weight is 292 g/mol. The molecule has 120 valence electrons. The molecule has 21 heavy (non-hydrogen) atoms. The number of aromatic nitrogens is 1. The van der Waals surface area contributed by atoms with E-state index in [4.69, 9.17) is 9.72 Å². The quantitative estimate of drug-likeness (QED) is 0.849. The van der Waals surface area contributed by atoms with E-state index >= 15 is 0 Å². The predicted octanol–water partition coefficient (Wildman–Crippen LogP) is 4.30. The van der Waals surface area contributed by atoms with Gasteiger partial charge in [0, 0.05) is 24.1 Å². The van der Waals surface area contributed by atoms with Crippen molar-refractivity contribution in [2.75, 3.05) is 0 Å². The van der Waals surface area contributed by atoms with Crippen molar-refractivity contribution in [3.63, 3.8) is 0 Å². The number of hydrogen-bond donors (Lipinski definition) is 1. The lowest BCUT2D eigenvalue weighted by molar-refractivity contribution is 0.162. The van der Waals surface area contributed by atoms with Crippen LogP contribution in [0, 0.1) is 5.92 Å². The third-order valence-corrected chi connectivity index (χ3v) is 3.59. The molecule has 1 N–H and O–H groups in total. The summed E-state index contributed by atoms with van der Waals surface area (Å²) in [5, 5.41) is 3.46. The van der Waals surface area contributed by atoms with Gasteiger partial charge in [-0.05, 0) is 24.5 Å².